The summed E-state index contributed by atoms with van der Waals surface area (Å²) in [6.07, 6.45) is 4.06. The minimum Gasteiger partial charge on any atom is -0.382 e. The van der Waals surface area contributed by atoms with E-state index in [0.717, 1.165) is 38.9 Å². The highest BCUT2D eigenvalue weighted by Crippen LogP contribution is 2.31. The molecule has 3 nitrogen and oxygen atoms in total. The van der Waals surface area contributed by atoms with Gasteiger partial charge in [-0.25, -0.2) is 0 Å². The molecule has 104 valence electrons. The predicted molar refractivity (Wildman–Crippen MR) is 76.2 cm³/mol. The van der Waals surface area contributed by atoms with Crippen molar-refractivity contribution in [3.8, 4) is 0 Å². The lowest BCUT2D eigenvalue weighted by atomic mass is 9.82. The second kappa shape index (κ2) is 7.29. The topological polar surface area (TPSA) is 38.3 Å². The molecule has 2 rings (SSSR count). The van der Waals surface area contributed by atoms with Gasteiger partial charge in [-0.3, -0.25) is 4.79 Å². The van der Waals surface area contributed by atoms with Crippen LogP contribution in [0.25, 0.3) is 0 Å². The standard InChI is InChI=1S/C16H23NO2/c1-2-19-12-6-11-17-16(18)15-10-5-8-13-7-3-4-9-14(13)15/h3-4,7,9,15H,2,5-6,8,10-12H2,1H3,(H,17,18). The van der Waals surface area contributed by atoms with Gasteiger partial charge in [-0.05, 0) is 43.7 Å². The lowest BCUT2D eigenvalue weighted by Gasteiger charge is -2.24. The predicted octanol–water partition coefficient (Wildman–Crippen LogP) is 2.65. The van der Waals surface area contributed by atoms with Gasteiger partial charge in [0.25, 0.3) is 0 Å². The van der Waals surface area contributed by atoms with E-state index in [0.29, 0.717) is 6.54 Å². The first-order chi connectivity index (χ1) is 9.33. The molecular weight excluding hydrogens is 238 g/mol. The SMILES string of the molecule is CCOCCCNC(=O)C1CCCc2ccccc21. The Balaban J connectivity index is 1.86. The first-order valence-electron chi connectivity index (χ1n) is 7.26. The molecule has 0 spiro atoms. The van der Waals surface area contributed by atoms with Crippen LogP contribution in [0.5, 0.6) is 0 Å². The molecule has 1 N–H and O–H groups in total. The molecule has 0 heterocycles. The number of hydrogen-bond acceptors (Lipinski definition) is 2. The third-order valence-corrected chi connectivity index (χ3v) is 3.65. The molecule has 19 heavy (non-hydrogen) atoms. The Hall–Kier alpha value is -1.35. The highest BCUT2D eigenvalue weighted by molar-refractivity contribution is 5.84. The zero-order chi connectivity index (χ0) is 13.5. The van der Waals surface area contributed by atoms with Crippen molar-refractivity contribution in [2.45, 2.75) is 38.5 Å². The van der Waals surface area contributed by atoms with Crippen molar-refractivity contribution in [2.75, 3.05) is 19.8 Å². The van der Waals surface area contributed by atoms with E-state index in [4.69, 9.17) is 4.74 Å². The number of benzene rings is 1. The van der Waals surface area contributed by atoms with E-state index in [2.05, 4.69) is 23.5 Å². The Labute approximate surface area is 115 Å². The molecule has 1 atom stereocenters. The van der Waals surface area contributed by atoms with E-state index < -0.39 is 0 Å². The van der Waals surface area contributed by atoms with E-state index in [1.165, 1.54) is 11.1 Å². The summed E-state index contributed by atoms with van der Waals surface area (Å²) >= 11 is 0. The quantitative estimate of drug-likeness (QED) is 0.799. The van der Waals surface area contributed by atoms with Gasteiger partial charge in [0.2, 0.25) is 5.91 Å². The maximum absolute atomic E-state index is 12.2. The number of amides is 1. The molecule has 1 aliphatic rings. The average Bonchev–Trinajstić information content (AvgIpc) is 2.46. The number of ether oxygens (including phenoxy) is 1. The van der Waals surface area contributed by atoms with Crippen molar-refractivity contribution >= 4 is 5.91 Å². The summed E-state index contributed by atoms with van der Waals surface area (Å²) in [5.41, 5.74) is 2.55. The zero-order valence-electron chi connectivity index (χ0n) is 11.7. The van der Waals surface area contributed by atoms with Gasteiger partial charge in [0.05, 0.1) is 5.92 Å². The van der Waals surface area contributed by atoms with Gasteiger partial charge in [0.1, 0.15) is 0 Å². The number of hydrogen-bond donors (Lipinski definition) is 1. The number of aryl methyl sites for hydroxylation is 1. The normalized spacial score (nSPS) is 17.8. The van der Waals surface area contributed by atoms with Crippen molar-refractivity contribution < 1.29 is 9.53 Å². The monoisotopic (exact) mass is 261 g/mol. The van der Waals surface area contributed by atoms with Crippen LogP contribution < -0.4 is 5.32 Å². The summed E-state index contributed by atoms with van der Waals surface area (Å²) in [5, 5.41) is 3.03. The average molecular weight is 261 g/mol. The molecule has 0 aromatic heterocycles. The second-order valence-electron chi connectivity index (χ2n) is 4.99. The van der Waals surface area contributed by atoms with Crippen molar-refractivity contribution in [3.05, 3.63) is 35.4 Å². The molecule has 0 saturated carbocycles. The fraction of sp³-hybridized carbons (Fsp3) is 0.562. The van der Waals surface area contributed by atoms with E-state index in [9.17, 15) is 4.79 Å². The molecule has 0 radical (unpaired) electrons. The van der Waals surface area contributed by atoms with Gasteiger partial charge >= 0.3 is 0 Å². The maximum Gasteiger partial charge on any atom is 0.227 e. The van der Waals surface area contributed by atoms with Crippen molar-refractivity contribution in [1.82, 2.24) is 5.32 Å². The Bertz CT molecular complexity index is 417. The minimum absolute atomic E-state index is 0.0389. The Morgan fingerprint density at radius 3 is 3.11 bits per heavy atom. The summed E-state index contributed by atoms with van der Waals surface area (Å²) in [5.74, 6) is 0.209. The fourth-order valence-corrected chi connectivity index (χ4v) is 2.68. The minimum atomic E-state index is 0.0389. The van der Waals surface area contributed by atoms with E-state index >= 15 is 0 Å². The summed E-state index contributed by atoms with van der Waals surface area (Å²) in [6, 6.07) is 8.32. The Kier molecular flexibility index (Phi) is 5.40. The van der Waals surface area contributed by atoms with Gasteiger partial charge in [-0.1, -0.05) is 24.3 Å². The van der Waals surface area contributed by atoms with Crippen LogP contribution in [0.3, 0.4) is 0 Å². The van der Waals surface area contributed by atoms with Gasteiger partial charge in [0, 0.05) is 19.8 Å². The molecular formula is C16H23NO2. The zero-order valence-corrected chi connectivity index (χ0v) is 11.7. The molecule has 0 fully saturated rings. The molecule has 0 bridgehead atoms. The largest absolute Gasteiger partial charge is 0.382 e. The Morgan fingerprint density at radius 2 is 2.26 bits per heavy atom. The molecule has 0 saturated heterocycles. The van der Waals surface area contributed by atoms with E-state index in [-0.39, 0.29) is 11.8 Å². The van der Waals surface area contributed by atoms with Crippen molar-refractivity contribution in [3.63, 3.8) is 0 Å². The molecule has 0 aliphatic heterocycles. The highest BCUT2D eigenvalue weighted by atomic mass is 16.5. The second-order valence-corrected chi connectivity index (χ2v) is 4.99. The Morgan fingerprint density at radius 1 is 1.42 bits per heavy atom. The van der Waals surface area contributed by atoms with Gasteiger partial charge in [-0.2, -0.15) is 0 Å². The summed E-state index contributed by atoms with van der Waals surface area (Å²) in [6.45, 7) is 4.15. The molecule has 1 aliphatic carbocycles. The molecule has 1 aromatic rings. The number of carbonyl (C=O) groups excluding carboxylic acids is 1. The van der Waals surface area contributed by atoms with E-state index in [1.54, 1.807) is 0 Å². The lowest BCUT2D eigenvalue weighted by Crippen LogP contribution is -2.32. The lowest BCUT2D eigenvalue weighted by molar-refractivity contribution is -0.122. The smallest absolute Gasteiger partial charge is 0.227 e. The van der Waals surface area contributed by atoms with Crippen LogP contribution >= 0.6 is 0 Å². The van der Waals surface area contributed by atoms with Gasteiger partial charge < -0.3 is 10.1 Å². The number of nitrogens with one attached hydrogen (secondary N) is 1. The van der Waals surface area contributed by atoms with Crippen LogP contribution in [-0.2, 0) is 16.0 Å². The molecule has 3 heteroatoms. The van der Waals surface area contributed by atoms with Crippen molar-refractivity contribution in [1.29, 1.82) is 0 Å². The summed E-state index contributed by atoms with van der Waals surface area (Å²) < 4.78 is 5.27. The number of carbonyl (C=O) groups is 1. The highest BCUT2D eigenvalue weighted by Gasteiger charge is 2.25. The first kappa shape index (κ1) is 14.1. The van der Waals surface area contributed by atoms with Gasteiger partial charge in [-0.15, -0.1) is 0 Å². The third-order valence-electron chi connectivity index (χ3n) is 3.65. The van der Waals surface area contributed by atoms with E-state index in [1.807, 2.05) is 13.0 Å². The van der Waals surface area contributed by atoms with Crippen LogP contribution in [0, 0.1) is 0 Å². The number of fused-ring (bicyclic) bond motifs is 1. The van der Waals surface area contributed by atoms with Crippen LogP contribution in [0.1, 0.15) is 43.2 Å². The van der Waals surface area contributed by atoms with Crippen LogP contribution in [-0.4, -0.2) is 25.7 Å². The summed E-state index contributed by atoms with van der Waals surface area (Å²) in [4.78, 5) is 12.2. The molecule has 1 amide bonds. The molecule has 1 aromatic carbocycles. The first-order valence-corrected chi connectivity index (χ1v) is 7.26. The van der Waals surface area contributed by atoms with Crippen LogP contribution in [0.2, 0.25) is 0 Å². The van der Waals surface area contributed by atoms with Crippen molar-refractivity contribution in [2.24, 2.45) is 0 Å². The van der Waals surface area contributed by atoms with Gasteiger partial charge in [0.15, 0.2) is 0 Å². The molecule has 1 unspecified atom stereocenters. The maximum atomic E-state index is 12.2. The fourth-order valence-electron chi connectivity index (χ4n) is 2.68. The van der Waals surface area contributed by atoms with Crippen LogP contribution in [0.15, 0.2) is 24.3 Å². The number of rotatable bonds is 6. The third kappa shape index (κ3) is 3.80. The summed E-state index contributed by atoms with van der Waals surface area (Å²) in [7, 11) is 0. The van der Waals surface area contributed by atoms with Crippen LogP contribution in [0.4, 0.5) is 0 Å².